The summed E-state index contributed by atoms with van der Waals surface area (Å²) in [4.78, 5) is 28.4. The van der Waals surface area contributed by atoms with E-state index in [-0.39, 0.29) is 11.8 Å². The maximum Gasteiger partial charge on any atom is 0.262 e. The fourth-order valence-corrected chi connectivity index (χ4v) is 3.66. The van der Waals surface area contributed by atoms with Gasteiger partial charge in [0.25, 0.3) is 5.91 Å². The lowest BCUT2D eigenvalue weighted by atomic mass is 10.2. The van der Waals surface area contributed by atoms with Crippen molar-refractivity contribution in [3.05, 3.63) is 58.8 Å². The van der Waals surface area contributed by atoms with E-state index in [2.05, 4.69) is 40.0 Å². The van der Waals surface area contributed by atoms with Gasteiger partial charge in [0.05, 0.1) is 39.1 Å². The molecule has 0 spiro atoms. The number of hydrazine groups is 1. The molecule has 0 bridgehead atoms. The van der Waals surface area contributed by atoms with Crippen LogP contribution in [-0.4, -0.2) is 44.5 Å². The summed E-state index contributed by atoms with van der Waals surface area (Å²) in [6, 6.07) is 14.3. The predicted octanol–water partition coefficient (Wildman–Crippen LogP) is 0.704. The van der Waals surface area contributed by atoms with E-state index in [4.69, 9.17) is 0 Å². The first kappa shape index (κ1) is 19.1. The molecule has 0 atom stereocenters. The lowest BCUT2D eigenvalue weighted by molar-refractivity contribution is -0.900. The fraction of sp³-hybridized carbons (Fsp3) is 0.300. The minimum atomic E-state index is -0.333. The molecule has 0 aliphatic carbocycles. The molecule has 0 unspecified atom stereocenters. The second kappa shape index (κ2) is 9.89. The zero-order chi connectivity index (χ0) is 18.9. The van der Waals surface area contributed by atoms with E-state index in [1.165, 1.54) is 16.7 Å². The van der Waals surface area contributed by atoms with Crippen LogP contribution in [0.2, 0.25) is 0 Å². The molecule has 2 heterocycles. The first-order chi connectivity index (χ1) is 13.2. The summed E-state index contributed by atoms with van der Waals surface area (Å²) in [7, 11) is 0. The highest BCUT2D eigenvalue weighted by molar-refractivity contribution is 7.10. The first-order valence-electron chi connectivity index (χ1n) is 9.15. The molecule has 2 aromatic rings. The SMILES string of the molecule is O=C(/C=C/c1cccs1)NNC(=O)CC[NH+]1CCN(c2ccccc2)CC1. The molecular weight excluding hydrogens is 360 g/mol. The third kappa shape index (κ3) is 6.23. The number of rotatable bonds is 6. The second-order valence-electron chi connectivity index (χ2n) is 6.46. The van der Waals surface area contributed by atoms with Crippen molar-refractivity contribution in [3.63, 3.8) is 0 Å². The normalized spacial score (nSPS) is 15.0. The molecule has 0 radical (unpaired) electrons. The Hall–Kier alpha value is -2.64. The fourth-order valence-electron chi connectivity index (χ4n) is 3.04. The minimum Gasteiger partial charge on any atom is -0.360 e. The van der Waals surface area contributed by atoms with Crippen molar-refractivity contribution < 1.29 is 14.5 Å². The summed E-state index contributed by atoms with van der Waals surface area (Å²) in [6.07, 6.45) is 3.54. The van der Waals surface area contributed by atoms with Gasteiger partial charge in [0.2, 0.25) is 5.91 Å². The molecule has 1 saturated heterocycles. The van der Waals surface area contributed by atoms with Crippen LogP contribution in [0.25, 0.3) is 6.08 Å². The van der Waals surface area contributed by atoms with Gasteiger partial charge >= 0.3 is 0 Å². The number of anilines is 1. The van der Waals surface area contributed by atoms with E-state index in [0.717, 1.165) is 37.6 Å². The summed E-state index contributed by atoms with van der Waals surface area (Å²) < 4.78 is 0. The van der Waals surface area contributed by atoms with Crippen molar-refractivity contribution in [2.75, 3.05) is 37.6 Å². The first-order valence-corrected chi connectivity index (χ1v) is 10.0. The molecule has 3 rings (SSSR count). The maximum absolute atomic E-state index is 11.9. The topological polar surface area (TPSA) is 65.9 Å². The van der Waals surface area contributed by atoms with Crippen molar-refractivity contribution in [1.29, 1.82) is 0 Å². The molecule has 1 aliphatic heterocycles. The van der Waals surface area contributed by atoms with Crippen molar-refractivity contribution in [1.82, 2.24) is 10.9 Å². The van der Waals surface area contributed by atoms with Crippen molar-refractivity contribution >= 4 is 34.9 Å². The number of benzene rings is 1. The Morgan fingerprint density at radius 3 is 2.56 bits per heavy atom. The molecule has 3 N–H and O–H groups in total. The summed E-state index contributed by atoms with van der Waals surface area (Å²) in [5.41, 5.74) is 6.16. The van der Waals surface area contributed by atoms with Crippen LogP contribution in [0.3, 0.4) is 0 Å². The van der Waals surface area contributed by atoms with Crippen molar-refractivity contribution in [2.45, 2.75) is 6.42 Å². The van der Waals surface area contributed by atoms with E-state index >= 15 is 0 Å². The number of thiophene rings is 1. The largest absolute Gasteiger partial charge is 0.360 e. The Morgan fingerprint density at radius 2 is 1.85 bits per heavy atom. The van der Waals surface area contributed by atoms with Crippen LogP contribution < -0.4 is 20.7 Å². The Labute approximate surface area is 163 Å². The van der Waals surface area contributed by atoms with Crippen LogP contribution in [0.15, 0.2) is 53.9 Å². The lowest BCUT2D eigenvalue weighted by Gasteiger charge is -2.33. The Kier molecular flexibility index (Phi) is 7.01. The third-order valence-electron chi connectivity index (χ3n) is 4.56. The molecule has 7 heteroatoms. The highest BCUT2D eigenvalue weighted by Crippen LogP contribution is 2.12. The number of amides is 2. The number of piperazine rings is 1. The van der Waals surface area contributed by atoms with Gasteiger partial charge in [-0.1, -0.05) is 24.3 Å². The number of hydrogen-bond acceptors (Lipinski definition) is 4. The molecule has 2 amide bonds. The van der Waals surface area contributed by atoms with Crippen LogP contribution in [0.1, 0.15) is 11.3 Å². The van der Waals surface area contributed by atoms with Gasteiger partial charge in [-0.25, -0.2) is 0 Å². The molecule has 1 aromatic heterocycles. The van der Waals surface area contributed by atoms with Gasteiger partial charge < -0.3 is 9.80 Å². The standard InChI is InChI=1S/C20H24N4O2S/c25-19(9-8-18-7-4-16-27-18)21-22-20(26)10-11-23-12-14-24(15-13-23)17-5-2-1-3-6-17/h1-9,16H,10-15H2,(H,21,25)(H,22,26)/p+1/b9-8+. The van der Waals surface area contributed by atoms with Gasteiger partial charge in [-0.3, -0.25) is 20.4 Å². The Morgan fingerprint density at radius 1 is 1.07 bits per heavy atom. The zero-order valence-electron chi connectivity index (χ0n) is 15.2. The van der Waals surface area contributed by atoms with Crippen molar-refractivity contribution in [2.24, 2.45) is 0 Å². The zero-order valence-corrected chi connectivity index (χ0v) is 16.0. The van der Waals surface area contributed by atoms with Crippen LogP contribution in [0.4, 0.5) is 5.69 Å². The van der Waals surface area contributed by atoms with Gasteiger partial charge in [0.1, 0.15) is 0 Å². The van der Waals surface area contributed by atoms with Crippen LogP contribution >= 0.6 is 11.3 Å². The summed E-state index contributed by atoms with van der Waals surface area (Å²) >= 11 is 1.55. The van der Waals surface area contributed by atoms with Gasteiger partial charge in [-0.2, -0.15) is 0 Å². The quantitative estimate of drug-likeness (QED) is 0.507. The van der Waals surface area contributed by atoms with Crippen LogP contribution in [0, 0.1) is 0 Å². The number of nitrogens with zero attached hydrogens (tertiary/aromatic N) is 1. The number of hydrogen-bond donors (Lipinski definition) is 3. The molecular formula is C20H25N4O2S+. The molecule has 0 saturated carbocycles. The predicted molar refractivity (Wildman–Crippen MR) is 108 cm³/mol. The Bertz CT molecular complexity index is 754. The van der Waals surface area contributed by atoms with Crippen LogP contribution in [0.5, 0.6) is 0 Å². The number of carbonyl (C=O) groups excluding carboxylic acids is 2. The van der Waals surface area contributed by atoms with Gasteiger partial charge in [-0.15, -0.1) is 11.3 Å². The third-order valence-corrected chi connectivity index (χ3v) is 5.40. The second-order valence-corrected chi connectivity index (χ2v) is 7.44. The van der Waals surface area contributed by atoms with Crippen LogP contribution in [-0.2, 0) is 9.59 Å². The number of nitrogens with one attached hydrogen (secondary N) is 3. The molecule has 1 aromatic carbocycles. The maximum atomic E-state index is 11.9. The summed E-state index contributed by atoms with van der Waals surface area (Å²) in [6.45, 7) is 4.78. The van der Waals surface area contributed by atoms with Gasteiger partial charge in [0, 0.05) is 16.6 Å². The summed E-state index contributed by atoms with van der Waals surface area (Å²) in [5.74, 6) is -0.494. The number of para-hydroxylation sites is 1. The average molecular weight is 386 g/mol. The van der Waals surface area contributed by atoms with E-state index in [1.807, 2.05) is 23.6 Å². The molecule has 6 nitrogen and oxygen atoms in total. The molecule has 27 heavy (non-hydrogen) atoms. The highest BCUT2D eigenvalue weighted by Gasteiger charge is 2.20. The monoisotopic (exact) mass is 385 g/mol. The number of carbonyl (C=O) groups is 2. The molecule has 1 aliphatic rings. The average Bonchev–Trinajstić information content (AvgIpc) is 3.24. The van der Waals surface area contributed by atoms with E-state index < -0.39 is 0 Å². The van der Waals surface area contributed by atoms with E-state index in [1.54, 1.807) is 17.4 Å². The Balaban J connectivity index is 1.31. The van der Waals surface area contributed by atoms with Crippen molar-refractivity contribution in [3.8, 4) is 0 Å². The van der Waals surface area contributed by atoms with Gasteiger partial charge in [-0.05, 0) is 29.7 Å². The lowest BCUT2D eigenvalue weighted by Crippen LogP contribution is -3.15. The smallest absolute Gasteiger partial charge is 0.262 e. The van der Waals surface area contributed by atoms with Gasteiger partial charge in [0.15, 0.2) is 0 Å². The highest BCUT2D eigenvalue weighted by atomic mass is 32.1. The summed E-state index contributed by atoms with van der Waals surface area (Å²) in [5, 5.41) is 1.95. The molecule has 1 fully saturated rings. The van der Waals surface area contributed by atoms with E-state index in [9.17, 15) is 9.59 Å². The van der Waals surface area contributed by atoms with E-state index in [0.29, 0.717) is 6.42 Å². The molecule has 142 valence electrons. The minimum absolute atomic E-state index is 0.161. The number of quaternary nitrogens is 1.